The van der Waals surface area contributed by atoms with Gasteiger partial charge in [0.1, 0.15) is 11.5 Å². The number of halogens is 1. The topological polar surface area (TPSA) is 73.6 Å². The molecule has 0 atom stereocenters. The van der Waals surface area contributed by atoms with Crippen LogP contribution in [0.1, 0.15) is 0 Å². The van der Waals surface area contributed by atoms with E-state index in [2.05, 4.69) is 10.3 Å². The highest BCUT2D eigenvalue weighted by atomic mass is 35.5. The smallest absolute Gasteiger partial charge is 0.256 e. The zero-order valence-corrected chi connectivity index (χ0v) is 16.3. The average molecular weight is 405 g/mol. The largest absolute Gasteiger partial charge is 0.497 e. The van der Waals surface area contributed by atoms with Crippen molar-refractivity contribution in [3.05, 3.63) is 53.7 Å². The van der Waals surface area contributed by atoms with E-state index in [1.807, 2.05) is 12.1 Å². The van der Waals surface area contributed by atoms with E-state index < -0.39 is 0 Å². The zero-order valence-electron chi connectivity index (χ0n) is 14.7. The molecule has 27 heavy (non-hydrogen) atoms. The fourth-order valence-electron chi connectivity index (χ4n) is 2.29. The number of methoxy groups -OCH3 is 2. The van der Waals surface area contributed by atoms with Crippen molar-refractivity contribution in [2.24, 2.45) is 0 Å². The second kappa shape index (κ2) is 8.83. The quantitative estimate of drug-likeness (QED) is 0.573. The molecular weight excluding hydrogens is 388 g/mol. The predicted octanol–water partition coefficient (Wildman–Crippen LogP) is 4.74. The summed E-state index contributed by atoms with van der Waals surface area (Å²) in [6.07, 6.45) is 1.62. The van der Waals surface area contributed by atoms with E-state index in [9.17, 15) is 4.79 Å². The molecule has 2 aromatic carbocycles. The van der Waals surface area contributed by atoms with Gasteiger partial charge >= 0.3 is 0 Å². The number of oxazole rings is 1. The number of thioether (sulfide) groups is 1. The van der Waals surface area contributed by atoms with Gasteiger partial charge in [-0.05, 0) is 36.4 Å². The van der Waals surface area contributed by atoms with Crippen molar-refractivity contribution in [1.29, 1.82) is 0 Å². The lowest BCUT2D eigenvalue weighted by Gasteiger charge is -2.11. The molecule has 0 fully saturated rings. The van der Waals surface area contributed by atoms with Gasteiger partial charge in [-0.2, -0.15) is 0 Å². The molecule has 3 aromatic rings. The fourth-order valence-corrected chi connectivity index (χ4v) is 3.02. The van der Waals surface area contributed by atoms with Crippen LogP contribution >= 0.6 is 23.4 Å². The summed E-state index contributed by atoms with van der Waals surface area (Å²) in [6.45, 7) is 0. The normalized spacial score (nSPS) is 10.5. The summed E-state index contributed by atoms with van der Waals surface area (Å²) >= 11 is 7.09. The number of carbonyl (C=O) groups is 1. The molecule has 1 aromatic heterocycles. The number of hydrogen-bond donors (Lipinski definition) is 1. The summed E-state index contributed by atoms with van der Waals surface area (Å²) in [5.74, 6) is 1.74. The molecule has 0 saturated carbocycles. The number of nitrogens with zero attached hydrogens (tertiary/aromatic N) is 1. The Morgan fingerprint density at radius 3 is 2.67 bits per heavy atom. The number of ether oxygens (including phenoxy) is 2. The first-order chi connectivity index (χ1) is 13.1. The van der Waals surface area contributed by atoms with Crippen LogP contribution in [-0.2, 0) is 4.79 Å². The van der Waals surface area contributed by atoms with Crippen LogP contribution in [0, 0.1) is 0 Å². The third-order valence-corrected chi connectivity index (χ3v) is 4.72. The van der Waals surface area contributed by atoms with Crippen LogP contribution in [0.3, 0.4) is 0 Å². The Hall–Kier alpha value is -2.64. The van der Waals surface area contributed by atoms with Gasteiger partial charge in [0.2, 0.25) is 5.91 Å². The highest BCUT2D eigenvalue weighted by molar-refractivity contribution is 7.99. The minimum atomic E-state index is -0.199. The maximum Gasteiger partial charge on any atom is 0.256 e. The van der Waals surface area contributed by atoms with Crippen LogP contribution in [0.2, 0.25) is 5.02 Å². The number of rotatable bonds is 7. The van der Waals surface area contributed by atoms with Crippen LogP contribution in [0.4, 0.5) is 5.69 Å². The number of nitrogens with one attached hydrogen (secondary N) is 1. The first kappa shape index (κ1) is 19.1. The average Bonchev–Trinajstić information content (AvgIpc) is 3.16. The van der Waals surface area contributed by atoms with Gasteiger partial charge in [-0.3, -0.25) is 4.79 Å². The van der Waals surface area contributed by atoms with E-state index in [4.69, 9.17) is 25.5 Å². The molecule has 140 valence electrons. The third-order valence-electron chi connectivity index (χ3n) is 3.62. The van der Waals surface area contributed by atoms with Crippen molar-refractivity contribution in [2.45, 2.75) is 5.22 Å². The second-order valence-corrected chi connectivity index (χ2v) is 6.76. The first-order valence-corrected chi connectivity index (χ1v) is 9.32. The lowest BCUT2D eigenvalue weighted by Crippen LogP contribution is -2.14. The molecule has 3 rings (SSSR count). The Morgan fingerprint density at radius 1 is 1.19 bits per heavy atom. The predicted molar refractivity (Wildman–Crippen MR) is 106 cm³/mol. The lowest BCUT2D eigenvalue weighted by atomic mass is 10.2. The molecule has 0 aliphatic carbocycles. The van der Waals surface area contributed by atoms with Crippen molar-refractivity contribution in [3.8, 4) is 22.8 Å². The van der Waals surface area contributed by atoms with Crippen molar-refractivity contribution in [2.75, 3.05) is 25.3 Å². The molecule has 6 nitrogen and oxygen atoms in total. The van der Waals surface area contributed by atoms with Gasteiger partial charge in [0.25, 0.3) is 5.22 Å². The molecular formula is C19H17ClN2O4S. The number of benzene rings is 2. The summed E-state index contributed by atoms with van der Waals surface area (Å²) < 4.78 is 16.1. The maximum absolute atomic E-state index is 12.2. The van der Waals surface area contributed by atoms with E-state index in [0.29, 0.717) is 33.2 Å². The minimum Gasteiger partial charge on any atom is -0.497 e. The Kier molecular flexibility index (Phi) is 6.26. The van der Waals surface area contributed by atoms with E-state index in [1.54, 1.807) is 43.6 Å². The van der Waals surface area contributed by atoms with Gasteiger partial charge in [-0.1, -0.05) is 23.4 Å². The van der Waals surface area contributed by atoms with Gasteiger partial charge in [0.15, 0.2) is 5.76 Å². The second-order valence-electron chi connectivity index (χ2n) is 5.40. The van der Waals surface area contributed by atoms with E-state index in [1.165, 1.54) is 18.9 Å². The molecule has 8 heteroatoms. The summed E-state index contributed by atoms with van der Waals surface area (Å²) in [6, 6.07) is 12.4. The van der Waals surface area contributed by atoms with Gasteiger partial charge in [-0.15, -0.1) is 0 Å². The molecule has 1 amide bonds. The minimum absolute atomic E-state index is 0.149. The highest BCUT2D eigenvalue weighted by Gasteiger charge is 2.12. The number of carbonyl (C=O) groups excluding carboxylic acids is 1. The third kappa shape index (κ3) is 4.96. The number of amides is 1. The Bertz CT molecular complexity index is 928. The molecule has 0 aliphatic rings. The molecule has 0 aliphatic heterocycles. The lowest BCUT2D eigenvalue weighted by molar-refractivity contribution is -0.113. The molecule has 1 heterocycles. The molecule has 0 unspecified atom stereocenters. The maximum atomic E-state index is 12.2. The number of hydrogen-bond acceptors (Lipinski definition) is 6. The molecule has 0 bridgehead atoms. The van der Waals surface area contributed by atoms with Gasteiger partial charge in [0.05, 0.1) is 31.9 Å². The van der Waals surface area contributed by atoms with Crippen molar-refractivity contribution in [1.82, 2.24) is 4.98 Å². The van der Waals surface area contributed by atoms with Crippen LogP contribution in [0.5, 0.6) is 11.5 Å². The van der Waals surface area contributed by atoms with Crippen LogP contribution in [-0.4, -0.2) is 30.9 Å². The van der Waals surface area contributed by atoms with E-state index in [0.717, 1.165) is 5.56 Å². The van der Waals surface area contributed by atoms with Crippen molar-refractivity contribution >= 4 is 35.0 Å². The van der Waals surface area contributed by atoms with E-state index >= 15 is 0 Å². The Labute approximate surface area is 165 Å². The summed E-state index contributed by atoms with van der Waals surface area (Å²) in [5, 5.41) is 3.87. The van der Waals surface area contributed by atoms with Gasteiger partial charge < -0.3 is 19.2 Å². The summed E-state index contributed by atoms with van der Waals surface area (Å²) in [7, 11) is 3.10. The van der Waals surface area contributed by atoms with Crippen LogP contribution in [0.15, 0.2) is 58.3 Å². The molecule has 0 radical (unpaired) electrons. The highest BCUT2D eigenvalue weighted by Crippen LogP contribution is 2.30. The Balaban J connectivity index is 1.59. The van der Waals surface area contributed by atoms with Crippen molar-refractivity contribution in [3.63, 3.8) is 0 Å². The number of anilines is 1. The fraction of sp³-hybridized carbons (Fsp3) is 0.158. The van der Waals surface area contributed by atoms with Crippen LogP contribution in [0.25, 0.3) is 11.3 Å². The SMILES string of the molecule is COc1ccc(NC(=O)CSc2ncc(-c3ccc(Cl)cc3)o2)c(OC)c1. The van der Waals surface area contributed by atoms with Crippen molar-refractivity contribution < 1.29 is 18.7 Å². The van der Waals surface area contributed by atoms with Gasteiger partial charge in [0, 0.05) is 16.7 Å². The molecule has 0 saturated heterocycles. The van der Waals surface area contributed by atoms with Crippen LogP contribution < -0.4 is 14.8 Å². The van der Waals surface area contributed by atoms with Gasteiger partial charge in [-0.25, -0.2) is 4.98 Å². The first-order valence-electron chi connectivity index (χ1n) is 7.95. The van der Waals surface area contributed by atoms with E-state index in [-0.39, 0.29) is 11.7 Å². The molecule has 0 spiro atoms. The molecule has 1 N–H and O–H groups in total. The zero-order chi connectivity index (χ0) is 19.2. The monoisotopic (exact) mass is 404 g/mol. The summed E-state index contributed by atoms with van der Waals surface area (Å²) in [4.78, 5) is 16.4. The number of aromatic nitrogens is 1. The Morgan fingerprint density at radius 2 is 1.96 bits per heavy atom. The summed E-state index contributed by atoms with van der Waals surface area (Å²) in [5.41, 5.74) is 1.43. The standard InChI is InChI=1S/C19H17ClN2O4S/c1-24-14-7-8-15(16(9-14)25-2)22-18(23)11-27-19-21-10-17(26-19)12-3-5-13(20)6-4-12/h3-10H,11H2,1-2H3,(H,22,23).